The zero-order chi connectivity index (χ0) is 17.5. The van der Waals surface area contributed by atoms with E-state index in [0.29, 0.717) is 36.0 Å². The Labute approximate surface area is 140 Å². The number of carboxylic acid groups (broad SMARTS) is 1. The fraction of sp³-hybridized carbons (Fsp3) is 0.222. The molecule has 0 spiro atoms. The Balaban J connectivity index is 2.19. The third kappa shape index (κ3) is 4.49. The van der Waals surface area contributed by atoms with Crippen LogP contribution < -0.4 is 14.8 Å². The molecule has 0 atom stereocenters. The quantitative estimate of drug-likeness (QED) is 0.813. The summed E-state index contributed by atoms with van der Waals surface area (Å²) in [6.45, 7) is 4.68. The molecule has 0 aliphatic rings. The van der Waals surface area contributed by atoms with Gasteiger partial charge in [0, 0.05) is 17.3 Å². The Hall–Kier alpha value is -3.02. The van der Waals surface area contributed by atoms with Gasteiger partial charge in [0.2, 0.25) is 0 Å². The van der Waals surface area contributed by atoms with Crippen LogP contribution in [-0.4, -0.2) is 30.2 Å². The van der Waals surface area contributed by atoms with E-state index in [2.05, 4.69) is 5.32 Å². The summed E-state index contributed by atoms with van der Waals surface area (Å²) in [5.41, 5.74) is 1.06. The maximum absolute atomic E-state index is 12.4. The lowest BCUT2D eigenvalue weighted by atomic mass is 10.1. The molecule has 0 fully saturated rings. The fourth-order valence-corrected chi connectivity index (χ4v) is 2.10. The van der Waals surface area contributed by atoms with Crippen LogP contribution in [0.15, 0.2) is 42.5 Å². The first-order valence-electron chi connectivity index (χ1n) is 7.59. The molecule has 2 N–H and O–H groups in total. The predicted octanol–water partition coefficient (Wildman–Crippen LogP) is 3.43. The second-order valence-corrected chi connectivity index (χ2v) is 4.90. The monoisotopic (exact) mass is 329 g/mol. The molecular formula is C18H19NO5. The number of benzene rings is 2. The number of aromatic carboxylic acids is 1. The van der Waals surface area contributed by atoms with Crippen LogP contribution in [-0.2, 0) is 0 Å². The molecule has 0 radical (unpaired) electrons. The van der Waals surface area contributed by atoms with Gasteiger partial charge < -0.3 is 19.9 Å². The van der Waals surface area contributed by atoms with Crippen molar-refractivity contribution in [3.63, 3.8) is 0 Å². The Kier molecular flexibility index (Phi) is 5.78. The van der Waals surface area contributed by atoms with E-state index in [9.17, 15) is 9.59 Å². The number of carbonyl (C=O) groups is 2. The Morgan fingerprint density at radius 1 is 0.917 bits per heavy atom. The summed E-state index contributed by atoms with van der Waals surface area (Å²) in [7, 11) is 0. The number of nitrogens with one attached hydrogen (secondary N) is 1. The topological polar surface area (TPSA) is 84.9 Å². The minimum Gasteiger partial charge on any atom is -0.494 e. The van der Waals surface area contributed by atoms with Crippen molar-refractivity contribution in [1.82, 2.24) is 0 Å². The van der Waals surface area contributed by atoms with Gasteiger partial charge in [-0.3, -0.25) is 4.79 Å². The molecule has 0 saturated heterocycles. The van der Waals surface area contributed by atoms with Gasteiger partial charge in [0.05, 0.1) is 18.8 Å². The minimum atomic E-state index is -1.02. The van der Waals surface area contributed by atoms with Gasteiger partial charge in [-0.2, -0.15) is 0 Å². The first-order valence-corrected chi connectivity index (χ1v) is 7.59. The normalized spacial score (nSPS) is 10.1. The molecule has 6 heteroatoms. The number of rotatable bonds is 7. The van der Waals surface area contributed by atoms with Crippen molar-refractivity contribution in [2.45, 2.75) is 13.8 Å². The average Bonchev–Trinajstić information content (AvgIpc) is 2.55. The van der Waals surface area contributed by atoms with Crippen molar-refractivity contribution in [3.8, 4) is 11.5 Å². The molecule has 0 aliphatic carbocycles. The lowest BCUT2D eigenvalue weighted by molar-refractivity contribution is 0.0696. The molecule has 0 unspecified atom stereocenters. The van der Waals surface area contributed by atoms with Crippen LogP contribution >= 0.6 is 0 Å². The molecule has 126 valence electrons. The summed E-state index contributed by atoms with van der Waals surface area (Å²) in [6.07, 6.45) is 0. The molecule has 24 heavy (non-hydrogen) atoms. The van der Waals surface area contributed by atoms with Crippen LogP contribution in [0.25, 0.3) is 0 Å². The van der Waals surface area contributed by atoms with Crippen molar-refractivity contribution >= 4 is 17.6 Å². The maximum atomic E-state index is 12.4. The molecule has 0 saturated carbocycles. The number of carboxylic acids is 1. The van der Waals surface area contributed by atoms with E-state index < -0.39 is 5.97 Å². The maximum Gasteiger partial charge on any atom is 0.335 e. The van der Waals surface area contributed by atoms with E-state index in [0.717, 1.165) is 0 Å². The zero-order valence-electron chi connectivity index (χ0n) is 13.5. The number of carbonyl (C=O) groups excluding carboxylic acids is 1. The van der Waals surface area contributed by atoms with Gasteiger partial charge in [-0.25, -0.2) is 4.79 Å². The van der Waals surface area contributed by atoms with Crippen LogP contribution in [0.2, 0.25) is 0 Å². The Morgan fingerprint density at radius 3 is 1.92 bits per heavy atom. The fourth-order valence-electron chi connectivity index (χ4n) is 2.10. The lowest BCUT2D eigenvalue weighted by Crippen LogP contribution is -2.12. The first kappa shape index (κ1) is 17.3. The van der Waals surface area contributed by atoms with Crippen LogP contribution in [0.3, 0.4) is 0 Å². The van der Waals surface area contributed by atoms with Crippen LogP contribution in [0.5, 0.6) is 11.5 Å². The smallest absolute Gasteiger partial charge is 0.335 e. The van der Waals surface area contributed by atoms with Crippen molar-refractivity contribution in [1.29, 1.82) is 0 Å². The Morgan fingerprint density at radius 2 is 1.46 bits per heavy atom. The lowest BCUT2D eigenvalue weighted by Gasteiger charge is -2.11. The van der Waals surface area contributed by atoms with E-state index in [1.807, 2.05) is 13.8 Å². The molecule has 0 bridgehead atoms. The number of ether oxygens (including phenoxy) is 2. The van der Waals surface area contributed by atoms with E-state index in [-0.39, 0.29) is 11.5 Å². The average molecular weight is 329 g/mol. The van der Waals surface area contributed by atoms with Gasteiger partial charge in [-0.15, -0.1) is 0 Å². The van der Waals surface area contributed by atoms with Gasteiger partial charge in [-0.1, -0.05) is 0 Å². The molecule has 0 aromatic heterocycles. The molecular weight excluding hydrogens is 310 g/mol. The summed E-state index contributed by atoms with van der Waals surface area (Å²) in [6, 6.07) is 10.9. The van der Waals surface area contributed by atoms with Crippen LogP contribution in [0, 0.1) is 0 Å². The number of amides is 1. The highest BCUT2D eigenvalue weighted by Gasteiger charge is 2.11. The summed E-state index contributed by atoms with van der Waals surface area (Å²) < 4.78 is 10.9. The van der Waals surface area contributed by atoms with E-state index in [1.54, 1.807) is 18.2 Å². The summed E-state index contributed by atoms with van der Waals surface area (Å²) in [5.74, 6) is -0.246. The highest BCUT2D eigenvalue weighted by molar-refractivity contribution is 6.05. The van der Waals surface area contributed by atoms with Crippen molar-refractivity contribution in [2.24, 2.45) is 0 Å². The Bertz CT molecular complexity index is 700. The van der Waals surface area contributed by atoms with Gasteiger partial charge in [0.15, 0.2) is 0 Å². The van der Waals surface area contributed by atoms with Crippen molar-refractivity contribution in [2.75, 3.05) is 18.5 Å². The summed E-state index contributed by atoms with van der Waals surface area (Å²) >= 11 is 0. The molecule has 0 heterocycles. The molecule has 2 aromatic rings. The minimum absolute atomic E-state index is 0.157. The summed E-state index contributed by atoms with van der Waals surface area (Å²) in [4.78, 5) is 23.2. The molecule has 6 nitrogen and oxygen atoms in total. The second-order valence-electron chi connectivity index (χ2n) is 4.90. The van der Waals surface area contributed by atoms with Gasteiger partial charge >= 0.3 is 5.97 Å². The largest absolute Gasteiger partial charge is 0.494 e. The van der Waals surface area contributed by atoms with E-state index in [4.69, 9.17) is 14.6 Å². The SMILES string of the molecule is CCOc1cc(OCC)cc(C(=O)Nc2ccc(C(=O)O)cc2)c1. The number of hydrogen-bond acceptors (Lipinski definition) is 4. The zero-order valence-corrected chi connectivity index (χ0v) is 13.5. The van der Waals surface area contributed by atoms with Crippen molar-refractivity contribution < 1.29 is 24.2 Å². The van der Waals surface area contributed by atoms with Gasteiger partial charge in [-0.05, 0) is 50.2 Å². The molecule has 0 aliphatic heterocycles. The molecule has 2 aromatic carbocycles. The second kappa shape index (κ2) is 8.01. The third-order valence-electron chi connectivity index (χ3n) is 3.15. The number of anilines is 1. The summed E-state index contributed by atoms with van der Waals surface area (Å²) in [5, 5.41) is 11.6. The van der Waals surface area contributed by atoms with Crippen LogP contribution in [0.1, 0.15) is 34.6 Å². The highest BCUT2D eigenvalue weighted by atomic mass is 16.5. The predicted molar refractivity (Wildman–Crippen MR) is 90.1 cm³/mol. The molecule has 2 rings (SSSR count). The van der Waals surface area contributed by atoms with Gasteiger partial charge in [0.25, 0.3) is 5.91 Å². The van der Waals surface area contributed by atoms with Crippen LogP contribution in [0.4, 0.5) is 5.69 Å². The van der Waals surface area contributed by atoms with Crippen molar-refractivity contribution in [3.05, 3.63) is 53.6 Å². The first-order chi connectivity index (χ1) is 11.5. The third-order valence-corrected chi connectivity index (χ3v) is 3.15. The standard InChI is InChI=1S/C18H19NO5/c1-3-23-15-9-13(10-16(11-15)24-4-2)17(20)19-14-7-5-12(6-8-14)18(21)22/h5-11H,3-4H2,1-2H3,(H,19,20)(H,21,22). The number of hydrogen-bond donors (Lipinski definition) is 2. The molecule has 1 amide bonds. The van der Waals surface area contributed by atoms with Gasteiger partial charge in [0.1, 0.15) is 11.5 Å². The van der Waals surface area contributed by atoms with E-state index >= 15 is 0 Å². The highest BCUT2D eigenvalue weighted by Crippen LogP contribution is 2.24. The van der Waals surface area contributed by atoms with E-state index in [1.165, 1.54) is 24.3 Å².